The van der Waals surface area contributed by atoms with Crippen molar-refractivity contribution in [3.05, 3.63) is 17.7 Å². The molecule has 0 atom stereocenters. The van der Waals surface area contributed by atoms with E-state index in [1.54, 1.807) is 6.07 Å². The quantitative estimate of drug-likeness (QED) is 0.316. The Balaban J connectivity index is 2.96. The Labute approximate surface area is 77.0 Å². The Kier molecular flexibility index (Phi) is 2.97. The molecule has 72 valence electrons. The first-order chi connectivity index (χ1) is 6.16. The van der Waals surface area contributed by atoms with E-state index in [0.29, 0.717) is 17.8 Å². The molecule has 0 saturated carbocycles. The number of aromatic hydroxyl groups is 2. The zero-order valence-electron chi connectivity index (χ0n) is 7.54. The van der Waals surface area contributed by atoms with Gasteiger partial charge in [0.15, 0.2) is 11.5 Å². The highest BCUT2D eigenvalue weighted by Crippen LogP contribution is 2.32. The summed E-state index contributed by atoms with van der Waals surface area (Å²) >= 11 is 0. The molecular weight excluding hydrogens is 168 g/mol. The van der Waals surface area contributed by atoms with Gasteiger partial charge in [-0.1, -0.05) is 6.92 Å². The molecule has 1 aromatic carbocycles. The molecule has 0 aliphatic carbocycles. The lowest BCUT2D eigenvalue weighted by molar-refractivity contribution is 0.398. The highest BCUT2D eigenvalue weighted by molar-refractivity contribution is 5.59. The number of rotatable bonds is 3. The van der Waals surface area contributed by atoms with Gasteiger partial charge < -0.3 is 21.3 Å². The first-order valence-corrected chi connectivity index (χ1v) is 4.16. The molecule has 4 nitrogen and oxygen atoms in total. The molecular formula is C9H14N2O2. The summed E-state index contributed by atoms with van der Waals surface area (Å²) in [5.41, 5.74) is 6.65. The van der Waals surface area contributed by atoms with Gasteiger partial charge in [0.1, 0.15) is 0 Å². The number of nitrogens with two attached hydrogens (primary N) is 1. The van der Waals surface area contributed by atoms with E-state index >= 15 is 0 Å². The third-order valence-corrected chi connectivity index (χ3v) is 1.85. The first kappa shape index (κ1) is 9.67. The molecule has 13 heavy (non-hydrogen) atoms. The highest BCUT2D eigenvalue weighted by Gasteiger charge is 2.08. The summed E-state index contributed by atoms with van der Waals surface area (Å²) in [4.78, 5) is 0. The minimum atomic E-state index is -0.138. The van der Waals surface area contributed by atoms with Crippen molar-refractivity contribution in [2.75, 3.05) is 12.3 Å². The van der Waals surface area contributed by atoms with Gasteiger partial charge in [-0.05, 0) is 18.7 Å². The molecule has 0 saturated heterocycles. The number of phenolic OH excluding ortho intramolecular Hbond substituents is 2. The fourth-order valence-corrected chi connectivity index (χ4v) is 1.08. The summed E-state index contributed by atoms with van der Waals surface area (Å²) in [6, 6.07) is 2.95. The van der Waals surface area contributed by atoms with Crippen LogP contribution in [0.3, 0.4) is 0 Å². The van der Waals surface area contributed by atoms with Crippen LogP contribution in [0.4, 0.5) is 5.69 Å². The maximum Gasteiger partial charge on any atom is 0.164 e. The van der Waals surface area contributed by atoms with Crippen LogP contribution in [0.25, 0.3) is 0 Å². The molecule has 5 N–H and O–H groups in total. The number of anilines is 1. The maximum absolute atomic E-state index is 9.44. The highest BCUT2D eigenvalue weighted by atomic mass is 16.3. The molecule has 0 aliphatic rings. The number of hydrogen-bond acceptors (Lipinski definition) is 4. The molecule has 0 aliphatic heterocycles. The summed E-state index contributed by atoms with van der Waals surface area (Å²) in [6.07, 6.45) is 0. The predicted molar refractivity (Wildman–Crippen MR) is 51.6 cm³/mol. The minimum Gasteiger partial charge on any atom is -0.504 e. The summed E-state index contributed by atoms with van der Waals surface area (Å²) in [7, 11) is 0. The molecule has 0 heterocycles. The van der Waals surface area contributed by atoms with E-state index in [4.69, 9.17) is 5.73 Å². The van der Waals surface area contributed by atoms with Crippen LogP contribution >= 0.6 is 0 Å². The lowest BCUT2D eigenvalue weighted by atomic mass is 10.1. The van der Waals surface area contributed by atoms with Gasteiger partial charge in [-0.15, -0.1) is 0 Å². The summed E-state index contributed by atoms with van der Waals surface area (Å²) in [5.74, 6) is -0.275. The van der Waals surface area contributed by atoms with Gasteiger partial charge in [-0.25, -0.2) is 0 Å². The predicted octanol–water partition coefficient (Wildman–Crippen LogP) is 0.789. The van der Waals surface area contributed by atoms with E-state index in [1.165, 1.54) is 6.07 Å². The zero-order valence-corrected chi connectivity index (χ0v) is 7.54. The van der Waals surface area contributed by atoms with E-state index in [9.17, 15) is 10.2 Å². The van der Waals surface area contributed by atoms with Gasteiger partial charge in [0, 0.05) is 17.8 Å². The number of nitrogen functional groups attached to an aromatic ring is 1. The fourth-order valence-electron chi connectivity index (χ4n) is 1.08. The fraction of sp³-hybridized carbons (Fsp3) is 0.333. The monoisotopic (exact) mass is 182 g/mol. The van der Waals surface area contributed by atoms with Crippen LogP contribution in [-0.2, 0) is 6.54 Å². The normalized spacial score (nSPS) is 10.2. The lowest BCUT2D eigenvalue weighted by Gasteiger charge is -2.09. The first-order valence-electron chi connectivity index (χ1n) is 4.16. The van der Waals surface area contributed by atoms with E-state index in [-0.39, 0.29) is 11.5 Å². The second-order valence-corrected chi connectivity index (χ2v) is 2.78. The molecule has 0 amide bonds. The molecule has 0 aromatic heterocycles. The Morgan fingerprint density at radius 1 is 1.38 bits per heavy atom. The maximum atomic E-state index is 9.44. The van der Waals surface area contributed by atoms with Gasteiger partial charge >= 0.3 is 0 Å². The number of phenols is 2. The largest absolute Gasteiger partial charge is 0.504 e. The number of benzene rings is 1. The average molecular weight is 182 g/mol. The van der Waals surface area contributed by atoms with Gasteiger partial charge in [0.2, 0.25) is 0 Å². The van der Waals surface area contributed by atoms with Crippen molar-refractivity contribution in [2.24, 2.45) is 0 Å². The third kappa shape index (κ3) is 2.03. The number of hydrogen-bond donors (Lipinski definition) is 4. The van der Waals surface area contributed by atoms with E-state index in [1.807, 2.05) is 6.92 Å². The van der Waals surface area contributed by atoms with Crippen molar-refractivity contribution in [3.8, 4) is 11.5 Å². The van der Waals surface area contributed by atoms with Crippen LogP contribution in [0.5, 0.6) is 11.5 Å². The molecule has 1 aromatic rings. The van der Waals surface area contributed by atoms with Crippen molar-refractivity contribution in [2.45, 2.75) is 13.5 Å². The standard InChI is InChI=1S/C9H14N2O2/c1-2-11-5-6-7(10)3-4-8(12)9(6)13/h3-4,11-13H,2,5,10H2,1H3. The van der Waals surface area contributed by atoms with E-state index in [2.05, 4.69) is 5.32 Å². The van der Waals surface area contributed by atoms with Crippen LogP contribution in [0.15, 0.2) is 12.1 Å². The van der Waals surface area contributed by atoms with Crippen molar-refractivity contribution in [1.82, 2.24) is 5.32 Å². The lowest BCUT2D eigenvalue weighted by Crippen LogP contribution is -2.13. The van der Waals surface area contributed by atoms with Crippen molar-refractivity contribution in [1.29, 1.82) is 0 Å². The molecule has 0 unspecified atom stereocenters. The number of nitrogens with one attached hydrogen (secondary N) is 1. The topological polar surface area (TPSA) is 78.5 Å². The summed E-state index contributed by atoms with van der Waals surface area (Å²) < 4.78 is 0. The van der Waals surface area contributed by atoms with Crippen molar-refractivity contribution in [3.63, 3.8) is 0 Å². The van der Waals surface area contributed by atoms with Crippen molar-refractivity contribution < 1.29 is 10.2 Å². The Morgan fingerprint density at radius 3 is 2.69 bits per heavy atom. The van der Waals surface area contributed by atoms with Gasteiger partial charge in [-0.3, -0.25) is 0 Å². The Morgan fingerprint density at radius 2 is 2.08 bits per heavy atom. The third-order valence-electron chi connectivity index (χ3n) is 1.85. The van der Waals surface area contributed by atoms with Crippen molar-refractivity contribution >= 4 is 5.69 Å². The summed E-state index contributed by atoms with van der Waals surface area (Å²) in [6.45, 7) is 3.20. The van der Waals surface area contributed by atoms with Gasteiger partial charge in [0.05, 0.1) is 0 Å². The summed E-state index contributed by atoms with van der Waals surface area (Å²) in [5, 5.41) is 21.6. The van der Waals surface area contributed by atoms with Gasteiger partial charge in [-0.2, -0.15) is 0 Å². The Hall–Kier alpha value is -1.42. The van der Waals surface area contributed by atoms with Crippen LogP contribution < -0.4 is 11.1 Å². The molecule has 0 bridgehead atoms. The van der Waals surface area contributed by atoms with Crippen LogP contribution in [0.2, 0.25) is 0 Å². The Bertz CT molecular complexity index is 300. The van der Waals surface area contributed by atoms with Crippen LogP contribution in [0, 0.1) is 0 Å². The second-order valence-electron chi connectivity index (χ2n) is 2.78. The minimum absolute atomic E-state index is 0.137. The molecule has 0 fully saturated rings. The molecule has 4 heteroatoms. The molecule has 0 spiro atoms. The van der Waals surface area contributed by atoms with Crippen LogP contribution in [-0.4, -0.2) is 16.8 Å². The zero-order chi connectivity index (χ0) is 9.84. The van der Waals surface area contributed by atoms with E-state index in [0.717, 1.165) is 6.54 Å². The SMILES string of the molecule is CCNCc1c(N)ccc(O)c1O. The average Bonchev–Trinajstić information content (AvgIpc) is 2.12. The molecule has 1 rings (SSSR count). The smallest absolute Gasteiger partial charge is 0.164 e. The molecule has 0 radical (unpaired) electrons. The van der Waals surface area contributed by atoms with Gasteiger partial charge in [0.25, 0.3) is 0 Å². The van der Waals surface area contributed by atoms with Crippen LogP contribution in [0.1, 0.15) is 12.5 Å². The second kappa shape index (κ2) is 4.00. The van der Waals surface area contributed by atoms with E-state index < -0.39 is 0 Å².